The number of amides is 2. The number of alkyl carbamates (subject to hydrolysis) is 1. The SMILES string of the molecule is CC[C@H](CC(=O)N(CCC(=O)O)CC1CC1)NC(=O)OCC1c2ccccc2-c2ccccc21. The predicted octanol–water partition coefficient (Wildman–Crippen LogP) is 4.41. The molecule has 7 heteroatoms. The van der Waals surface area contributed by atoms with Crippen LogP contribution in [0.3, 0.4) is 0 Å². The van der Waals surface area contributed by atoms with E-state index >= 15 is 0 Å². The molecule has 2 amide bonds. The molecule has 180 valence electrons. The molecule has 1 atom stereocenters. The van der Waals surface area contributed by atoms with Gasteiger partial charge in [0.25, 0.3) is 0 Å². The molecular weight excluding hydrogens is 432 g/mol. The predicted molar refractivity (Wildman–Crippen MR) is 128 cm³/mol. The van der Waals surface area contributed by atoms with Crippen molar-refractivity contribution in [2.24, 2.45) is 5.92 Å². The zero-order valence-electron chi connectivity index (χ0n) is 19.5. The molecule has 34 heavy (non-hydrogen) atoms. The number of carbonyl (C=O) groups excluding carboxylic acids is 2. The quantitative estimate of drug-likeness (QED) is 0.514. The van der Waals surface area contributed by atoms with E-state index in [-0.39, 0.29) is 43.9 Å². The van der Waals surface area contributed by atoms with Crippen molar-refractivity contribution in [1.29, 1.82) is 0 Å². The molecule has 4 rings (SSSR count). The highest BCUT2D eigenvalue weighted by Gasteiger charge is 2.30. The van der Waals surface area contributed by atoms with Gasteiger partial charge in [0.2, 0.25) is 5.91 Å². The van der Waals surface area contributed by atoms with E-state index in [9.17, 15) is 14.4 Å². The Kier molecular flexibility index (Phi) is 7.50. The van der Waals surface area contributed by atoms with Gasteiger partial charge in [-0.1, -0.05) is 55.5 Å². The Morgan fingerprint density at radius 1 is 1.06 bits per heavy atom. The minimum absolute atomic E-state index is 0.0232. The van der Waals surface area contributed by atoms with Crippen molar-refractivity contribution in [3.8, 4) is 11.1 Å². The fourth-order valence-electron chi connectivity index (χ4n) is 4.60. The van der Waals surface area contributed by atoms with Crippen LogP contribution in [0.1, 0.15) is 56.1 Å². The second-order valence-corrected chi connectivity index (χ2v) is 9.21. The zero-order chi connectivity index (χ0) is 24.1. The Morgan fingerprint density at radius 3 is 2.24 bits per heavy atom. The minimum atomic E-state index is -0.919. The van der Waals surface area contributed by atoms with E-state index in [0.717, 1.165) is 24.0 Å². The van der Waals surface area contributed by atoms with Crippen LogP contribution in [0, 0.1) is 5.92 Å². The highest BCUT2D eigenvalue weighted by molar-refractivity contribution is 5.80. The molecule has 0 bridgehead atoms. The number of carboxylic acids is 1. The molecule has 2 aromatic carbocycles. The van der Waals surface area contributed by atoms with Crippen molar-refractivity contribution in [1.82, 2.24) is 10.2 Å². The fourth-order valence-corrected chi connectivity index (χ4v) is 4.60. The lowest BCUT2D eigenvalue weighted by Crippen LogP contribution is -2.42. The van der Waals surface area contributed by atoms with Gasteiger partial charge in [-0.3, -0.25) is 9.59 Å². The second-order valence-electron chi connectivity index (χ2n) is 9.21. The molecule has 2 N–H and O–H groups in total. The Bertz CT molecular complexity index is 1000. The van der Waals surface area contributed by atoms with E-state index in [1.807, 2.05) is 31.2 Å². The Hall–Kier alpha value is -3.35. The standard InChI is InChI=1S/C27H32N2O5/c1-2-19(15-25(30)29(14-13-26(31)32)16-18-11-12-18)28-27(33)34-17-24-22-9-5-3-7-20(22)21-8-4-6-10-23(21)24/h3-10,18-19,24H,2,11-17H2,1H3,(H,28,33)(H,31,32)/t19-/m1/s1. The summed E-state index contributed by atoms with van der Waals surface area (Å²) in [4.78, 5) is 38.1. The molecule has 7 nitrogen and oxygen atoms in total. The van der Waals surface area contributed by atoms with E-state index in [4.69, 9.17) is 9.84 Å². The number of hydrogen-bond donors (Lipinski definition) is 2. The number of ether oxygens (including phenoxy) is 1. The first-order valence-electron chi connectivity index (χ1n) is 12.1. The highest BCUT2D eigenvalue weighted by Crippen LogP contribution is 2.44. The van der Waals surface area contributed by atoms with Crippen LogP contribution in [0.25, 0.3) is 11.1 Å². The highest BCUT2D eigenvalue weighted by atomic mass is 16.5. The molecule has 0 spiro atoms. The summed E-state index contributed by atoms with van der Waals surface area (Å²) in [6, 6.07) is 16.0. The molecule has 1 fully saturated rings. The first kappa shape index (κ1) is 23.8. The smallest absolute Gasteiger partial charge is 0.407 e. The second kappa shape index (κ2) is 10.7. The molecule has 2 aliphatic carbocycles. The summed E-state index contributed by atoms with van der Waals surface area (Å²) >= 11 is 0. The Balaban J connectivity index is 1.33. The molecule has 0 radical (unpaired) electrons. The third-order valence-electron chi connectivity index (χ3n) is 6.70. The third kappa shape index (κ3) is 5.76. The van der Waals surface area contributed by atoms with Gasteiger partial charge in [0.15, 0.2) is 0 Å². The van der Waals surface area contributed by atoms with Gasteiger partial charge in [-0.15, -0.1) is 0 Å². The molecule has 0 unspecified atom stereocenters. The van der Waals surface area contributed by atoms with Gasteiger partial charge < -0.3 is 20.1 Å². The van der Waals surface area contributed by atoms with E-state index in [2.05, 4.69) is 29.6 Å². The number of fused-ring (bicyclic) bond motifs is 3. The van der Waals surface area contributed by atoms with E-state index < -0.39 is 12.1 Å². The van der Waals surface area contributed by atoms with Crippen molar-refractivity contribution < 1.29 is 24.2 Å². The van der Waals surface area contributed by atoms with E-state index in [1.54, 1.807) is 4.90 Å². The lowest BCUT2D eigenvalue weighted by molar-refractivity contribution is -0.138. The Labute approximate surface area is 200 Å². The number of nitrogens with zero attached hydrogens (tertiary/aromatic N) is 1. The summed E-state index contributed by atoms with van der Waals surface area (Å²) in [5.74, 6) is -0.603. The van der Waals surface area contributed by atoms with Crippen LogP contribution >= 0.6 is 0 Å². The summed E-state index contributed by atoms with van der Waals surface area (Å²) in [5.41, 5.74) is 4.63. The summed E-state index contributed by atoms with van der Waals surface area (Å²) in [6.45, 7) is 2.92. The first-order valence-corrected chi connectivity index (χ1v) is 12.1. The van der Waals surface area contributed by atoms with Crippen molar-refractivity contribution >= 4 is 18.0 Å². The zero-order valence-corrected chi connectivity index (χ0v) is 19.5. The maximum absolute atomic E-state index is 12.9. The maximum atomic E-state index is 12.9. The van der Waals surface area contributed by atoms with Gasteiger partial charge in [0.05, 0.1) is 6.42 Å². The van der Waals surface area contributed by atoms with Crippen LogP contribution in [0.2, 0.25) is 0 Å². The van der Waals surface area contributed by atoms with Crippen LogP contribution in [-0.2, 0) is 14.3 Å². The summed E-state index contributed by atoms with van der Waals surface area (Å²) in [6.07, 6.45) is 2.24. The third-order valence-corrected chi connectivity index (χ3v) is 6.70. The summed E-state index contributed by atoms with van der Waals surface area (Å²) in [7, 11) is 0. The normalized spacial score (nSPS) is 15.2. The number of hydrogen-bond acceptors (Lipinski definition) is 4. The number of carboxylic acid groups (broad SMARTS) is 1. The maximum Gasteiger partial charge on any atom is 0.407 e. The van der Waals surface area contributed by atoms with Crippen molar-refractivity contribution in [2.45, 2.75) is 51.0 Å². The number of carbonyl (C=O) groups is 3. The number of benzene rings is 2. The van der Waals surface area contributed by atoms with Crippen molar-refractivity contribution in [2.75, 3.05) is 19.7 Å². The van der Waals surface area contributed by atoms with Gasteiger partial charge in [-0.05, 0) is 47.4 Å². The van der Waals surface area contributed by atoms with Crippen LogP contribution in [0.15, 0.2) is 48.5 Å². The number of aliphatic carboxylic acids is 1. The van der Waals surface area contributed by atoms with Crippen molar-refractivity contribution in [3.63, 3.8) is 0 Å². The molecule has 1 saturated carbocycles. The summed E-state index contributed by atoms with van der Waals surface area (Å²) in [5, 5.41) is 11.8. The van der Waals surface area contributed by atoms with Crippen LogP contribution in [0.5, 0.6) is 0 Å². The number of nitrogens with one attached hydrogen (secondary N) is 1. The number of rotatable bonds is 11. The largest absolute Gasteiger partial charge is 0.481 e. The molecule has 0 heterocycles. The Morgan fingerprint density at radius 2 is 1.68 bits per heavy atom. The monoisotopic (exact) mass is 464 g/mol. The topological polar surface area (TPSA) is 95.9 Å². The van der Waals surface area contributed by atoms with Gasteiger partial charge in [0, 0.05) is 31.5 Å². The molecular formula is C27H32N2O5. The lowest BCUT2D eigenvalue weighted by Gasteiger charge is -2.25. The lowest BCUT2D eigenvalue weighted by atomic mass is 9.98. The summed E-state index contributed by atoms with van der Waals surface area (Å²) < 4.78 is 5.61. The molecule has 2 aromatic rings. The fraction of sp³-hybridized carbons (Fsp3) is 0.444. The molecule has 0 saturated heterocycles. The molecule has 2 aliphatic rings. The van der Waals surface area contributed by atoms with Gasteiger partial charge in [-0.2, -0.15) is 0 Å². The minimum Gasteiger partial charge on any atom is -0.481 e. The van der Waals surface area contributed by atoms with Gasteiger partial charge in [0.1, 0.15) is 6.61 Å². The van der Waals surface area contributed by atoms with Crippen LogP contribution in [-0.4, -0.2) is 53.7 Å². The van der Waals surface area contributed by atoms with Gasteiger partial charge in [-0.25, -0.2) is 4.79 Å². The molecule has 0 aliphatic heterocycles. The average Bonchev–Trinajstić information content (AvgIpc) is 3.60. The van der Waals surface area contributed by atoms with Crippen LogP contribution in [0.4, 0.5) is 4.79 Å². The average molecular weight is 465 g/mol. The van der Waals surface area contributed by atoms with Crippen LogP contribution < -0.4 is 5.32 Å². The first-order chi connectivity index (χ1) is 16.5. The molecule has 0 aromatic heterocycles. The van der Waals surface area contributed by atoms with E-state index in [1.165, 1.54) is 11.1 Å². The van der Waals surface area contributed by atoms with E-state index in [0.29, 0.717) is 18.9 Å². The van der Waals surface area contributed by atoms with Crippen molar-refractivity contribution in [3.05, 3.63) is 59.7 Å². The van der Waals surface area contributed by atoms with Gasteiger partial charge >= 0.3 is 12.1 Å².